The first kappa shape index (κ1) is 16.3. The summed E-state index contributed by atoms with van der Waals surface area (Å²) in [6, 6.07) is 4.45. The van der Waals surface area contributed by atoms with E-state index in [-0.39, 0.29) is 5.54 Å². The van der Waals surface area contributed by atoms with Gasteiger partial charge in [-0.05, 0) is 63.6 Å². The van der Waals surface area contributed by atoms with Gasteiger partial charge >= 0.3 is 0 Å². The van der Waals surface area contributed by atoms with Crippen LogP contribution in [0.2, 0.25) is 0 Å². The minimum absolute atomic E-state index is 0.144. The molecule has 0 aliphatic carbocycles. The second-order valence-corrected chi connectivity index (χ2v) is 7.93. The summed E-state index contributed by atoms with van der Waals surface area (Å²) in [5.74, 6) is 2.67. The molecule has 2 heterocycles. The third-order valence-electron chi connectivity index (χ3n) is 4.02. The second-order valence-electron chi connectivity index (χ2n) is 7.93. The normalized spacial score (nSPS) is 23.4. The summed E-state index contributed by atoms with van der Waals surface area (Å²) in [7, 11) is 0. The highest BCUT2D eigenvalue weighted by atomic mass is 15.2. The molecule has 118 valence electrons. The van der Waals surface area contributed by atoms with E-state index in [1.165, 1.54) is 12.0 Å². The Bertz CT molecular complexity index is 466. The maximum atomic E-state index is 4.77. The average Bonchev–Trinajstić information content (AvgIpc) is 2.34. The van der Waals surface area contributed by atoms with Crippen LogP contribution in [0.15, 0.2) is 12.1 Å². The van der Waals surface area contributed by atoms with E-state index in [9.17, 15) is 0 Å². The number of nitrogens with zero attached hydrogens (tertiary/aromatic N) is 2. The third kappa shape index (κ3) is 4.99. The molecule has 3 heteroatoms. The van der Waals surface area contributed by atoms with E-state index in [4.69, 9.17) is 4.98 Å². The van der Waals surface area contributed by atoms with Crippen LogP contribution in [-0.2, 0) is 6.54 Å². The molecule has 2 unspecified atom stereocenters. The molecule has 1 aliphatic heterocycles. The predicted molar refractivity (Wildman–Crippen MR) is 90.7 cm³/mol. The van der Waals surface area contributed by atoms with Crippen molar-refractivity contribution in [3.8, 4) is 0 Å². The van der Waals surface area contributed by atoms with Crippen LogP contribution in [0, 0.1) is 18.8 Å². The summed E-state index contributed by atoms with van der Waals surface area (Å²) in [4.78, 5) is 7.23. The molecule has 2 rings (SSSR count). The number of aromatic nitrogens is 1. The lowest BCUT2D eigenvalue weighted by molar-refractivity contribution is 0.355. The molecule has 0 saturated carbocycles. The maximum Gasteiger partial charge on any atom is 0.129 e. The average molecular weight is 289 g/mol. The number of nitrogens with one attached hydrogen (secondary N) is 1. The molecule has 0 aromatic carbocycles. The summed E-state index contributed by atoms with van der Waals surface area (Å²) in [5, 5.41) is 3.57. The van der Waals surface area contributed by atoms with E-state index in [0.29, 0.717) is 0 Å². The van der Waals surface area contributed by atoms with Crippen molar-refractivity contribution >= 4 is 5.82 Å². The maximum absolute atomic E-state index is 4.77. The van der Waals surface area contributed by atoms with Crippen molar-refractivity contribution in [3.05, 3.63) is 23.4 Å². The molecule has 2 atom stereocenters. The molecule has 0 spiro atoms. The highest BCUT2D eigenvalue weighted by molar-refractivity contribution is 5.43. The van der Waals surface area contributed by atoms with Crippen molar-refractivity contribution in [1.29, 1.82) is 0 Å². The zero-order valence-corrected chi connectivity index (χ0v) is 14.5. The van der Waals surface area contributed by atoms with Crippen LogP contribution < -0.4 is 10.2 Å². The molecule has 1 aliphatic rings. The molecule has 21 heavy (non-hydrogen) atoms. The van der Waals surface area contributed by atoms with Crippen LogP contribution in [0.5, 0.6) is 0 Å². The van der Waals surface area contributed by atoms with E-state index < -0.39 is 0 Å². The fourth-order valence-corrected chi connectivity index (χ4v) is 3.20. The number of aryl methyl sites for hydroxylation is 1. The lowest BCUT2D eigenvalue weighted by Gasteiger charge is -2.36. The Labute approximate surface area is 130 Å². The van der Waals surface area contributed by atoms with Crippen LogP contribution in [0.25, 0.3) is 0 Å². The molecule has 1 aromatic rings. The molecule has 0 bridgehead atoms. The van der Waals surface area contributed by atoms with Crippen molar-refractivity contribution < 1.29 is 0 Å². The van der Waals surface area contributed by atoms with Gasteiger partial charge in [-0.25, -0.2) is 4.98 Å². The van der Waals surface area contributed by atoms with E-state index in [2.05, 4.69) is 63.9 Å². The molecule has 0 radical (unpaired) electrons. The van der Waals surface area contributed by atoms with Gasteiger partial charge in [-0.15, -0.1) is 0 Å². The Balaban J connectivity index is 2.14. The van der Waals surface area contributed by atoms with Gasteiger partial charge in [0.05, 0.1) is 0 Å². The minimum Gasteiger partial charge on any atom is -0.356 e. The van der Waals surface area contributed by atoms with Crippen LogP contribution in [0.1, 0.15) is 52.3 Å². The highest BCUT2D eigenvalue weighted by Gasteiger charge is 2.23. The van der Waals surface area contributed by atoms with Crippen molar-refractivity contribution in [1.82, 2.24) is 10.3 Å². The van der Waals surface area contributed by atoms with E-state index in [0.717, 1.165) is 43.0 Å². The van der Waals surface area contributed by atoms with Crippen LogP contribution >= 0.6 is 0 Å². The molecular weight excluding hydrogens is 258 g/mol. The zero-order valence-electron chi connectivity index (χ0n) is 14.5. The Morgan fingerprint density at radius 2 is 1.81 bits per heavy atom. The van der Waals surface area contributed by atoms with Gasteiger partial charge in [0.25, 0.3) is 0 Å². The highest BCUT2D eigenvalue weighted by Crippen LogP contribution is 2.26. The first-order valence-corrected chi connectivity index (χ1v) is 8.20. The van der Waals surface area contributed by atoms with Crippen molar-refractivity contribution in [2.24, 2.45) is 11.8 Å². The smallest absolute Gasteiger partial charge is 0.129 e. The summed E-state index contributed by atoms with van der Waals surface area (Å²) >= 11 is 0. The Kier molecular flexibility index (Phi) is 4.92. The van der Waals surface area contributed by atoms with Gasteiger partial charge < -0.3 is 10.2 Å². The van der Waals surface area contributed by atoms with Crippen molar-refractivity contribution in [2.75, 3.05) is 18.0 Å². The van der Waals surface area contributed by atoms with Crippen molar-refractivity contribution in [3.63, 3.8) is 0 Å². The van der Waals surface area contributed by atoms with E-state index in [1.54, 1.807) is 0 Å². The van der Waals surface area contributed by atoms with Gasteiger partial charge in [0, 0.05) is 30.9 Å². The van der Waals surface area contributed by atoms with Crippen LogP contribution in [0.3, 0.4) is 0 Å². The fourth-order valence-electron chi connectivity index (χ4n) is 3.20. The van der Waals surface area contributed by atoms with Gasteiger partial charge in [-0.3, -0.25) is 0 Å². The summed E-state index contributed by atoms with van der Waals surface area (Å²) in [6.45, 7) is 16.6. The lowest BCUT2D eigenvalue weighted by Crippen LogP contribution is -2.39. The van der Waals surface area contributed by atoms with Crippen LogP contribution in [-0.4, -0.2) is 23.6 Å². The molecule has 1 fully saturated rings. The minimum atomic E-state index is 0.144. The van der Waals surface area contributed by atoms with Gasteiger partial charge in [-0.1, -0.05) is 13.8 Å². The predicted octanol–water partition coefficient (Wildman–Crippen LogP) is 3.76. The molecule has 3 nitrogen and oxygen atoms in total. The van der Waals surface area contributed by atoms with Gasteiger partial charge in [0.1, 0.15) is 5.82 Å². The quantitative estimate of drug-likeness (QED) is 0.918. The number of hydrogen-bond acceptors (Lipinski definition) is 3. The van der Waals surface area contributed by atoms with Gasteiger partial charge in [0.15, 0.2) is 0 Å². The number of piperidine rings is 1. The topological polar surface area (TPSA) is 28.2 Å². The van der Waals surface area contributed by atoms with Gasteiger partial charge in [0.2, 0.25) is 0 Å². The first-order chi connectivity index (χ1) is 9.73. The molecule has 1 saturated heterocycles. The number of pyridine rings is 1. The Morgan fingerprint density at radius 3 is 2.38 bits per heavy atom. The first-order valence-electron chi connectivity index (χ1n) is 8.20. The Morgan fingerprint density at radius 1 is 1.19 bits per heavy atom. The standard InChI is InChI=1S/C18H31N3/c1-13-7-14(2)12-21(11-13)17-9-16(8-15(3)20-17)10-19-18(4,5)6/h8-9,13-14,19H,7,10-12H2,1-6H3. The SMILES string of the molecule is Cc1cc(CNC(C)(C)C)cc(N2CC(C)CC(C)C2)n1. The van der Waals surface area contributed by atoms with E-state index in [1.807, 2.05) is 0 Å². The molecule has 0 amide bonds. The van der Waals surface area contributed by atoms with Crippen LogP contribution in [0.4, 0.5) is 5.82 Å². The van der Waals surface area contributed by atoms with Gasteiger partial charge in [-0.2, -0.15) is 0 Å². The molecule has 1 aromatic heterocycles. The number of rotatable bonds is 3. The summed E-state index contributed by atoms with van der Waals surface area (Å²) in [6.07, 6.45) is 1.33. The molecular formula is C18H31N3. The number of hydrogen-bond donors (Lipinski definition) is 1. The zero-order chi connectivity index (χ0) is 15.6. The summed E-state index contributed by atoms with van der Waals surface area (Å²) in [5.41, 5.74) is 2.59. The second kappa shape index (κ2) is 6.35. The largest absolute Gasteiger partial charge is 0.356 e. The number of anilines is 1. The monoisotopic (exact) mass is 289 g/mol. The third-order valence-corrected chi connectivity index (χ3v) is 4.02. The van der Waals surface area contributed by atoms with Crippen molar-refractivity contribution in [2.45, 2.75) is 60.0 Å². The summed E-state index contributed by atoms with van der Waals surface area (Å²) < 4.78 is 0. The molecule has 1 N–H and O–H groups in total. The Hall–Kier alpha value is -1.09. The van der Waals surface area contributed by atoms with E-state index >= 15 is 0 Å². The fraction of sp³-hybridized carbons (Fsp3) is 0.722. The lowest BCUT2D eigenvalue weighted by atomic mass is 9.92.